The number of aryl methyl sites for hydroxylation is 1. The lowest BCUT2D eigenvalue weighted by Crippen LogP contribution is -2.35. The number of sulfonamides is 1. The average Bonchev–Trinajstić information content (AvgIpc) is 3.15. The van der Waals surface area contributed by atoms with Gasteiger partial charge in [0, 0.05) is 23.7 Å². The molecule has 0 aliphatic carbocycles. The van der Waals surface area contributed by atoms with E-state index in [9.17, 15) is 13.2 Å². The van der Waals surface area contributed by atoms with Crippen LogP contribution in [0.25, 0.3) is 0 Å². The molecule has 0 spiro atoms. The number of halogens is 1. The predicted molar refractivity (Wildman–Crippen MR) is 94.7 cm³/mol. The third-order valence-electron chi connectivity index (χ3n) is 3.22. The maximum absolute atomic E-state index is 12.3. The summed E-state index contributed by atoms with van der Waals surface area (Å²) in [5, 5.41) is 9.79. The van der Waals surface area contributed by atoms with Crippen LogP contribution >= 0.6 is 23.7 Å². The van der Waals surface area contributed by atoms with Crippen LogP contribution in [0.4, 0.5) is 0 Å². The SMILES string of the molecule is CNC(C(=O)NCc1ccc(S(=O)(=O)NC)s1)c1cnn(C)c1.Cl. The van der Waals surface area contributed by atoms with Gasteiger partial charge in [-0.25, -0.2) is 13.1 Å². The Hall–Kier alpha value is -1.46. The normalized spacial score (nSPS) is 12.5. The molecule has 8 nitrogen and oxygen atoms in total. The van der Waals surface area contributed by atoms with Crippen molar-refractivity contribution in [2.45, 2.75) is 16.8 Å². The summed E-state index contributed by atoms with van der Waals surface area (Å²) < 4.78 is 27.5. The number of nitrogens with zero attached hydrogens (tertiary/aromatic N) is 2. The van der Waals surface area contributed by atoms with Crippen molar-refractivity contribution < 1.29 is 13.2 Å². The fourth-order valence-electron chi connectivity index (χ4n) is 2.01. The molecule has 2 aromatic heterocycles. The first-order chi connectivity index (χ1) is 10.9. The van der Waals surface area contributed by atoms with Crippen LogP contribution in [0.2, 0.25) is 0 Å². The highest BCUT2D eigenvalue weighted by molar-refractivity contribution is 7.91. The van der Waals surface area contributed by atoms with Crippen LogP contribution in [0.15, 0.2) is 28.7 Å². The Balaban J connectivity index is 0.00000288. The molecule has 1 atom stereocenters. The summed E-state index contributed by atoms with van der Waals surface area (Å²) >= 11 is 1.12. The Bertz CT molecular complexity index is 787. The summed E-state index contributed by atoms with van der Waals surface area (Å²) in [5.74, 6) is -0.202. The molecule has 2 rings (SSSR count). The van der Waals surface area contributed by atoms with Crippen LogP contribution in [-0.4, -0.2) is 38.2 Å². The van der Waals surface area contributed by atoms with Gasteiger partial charge in [-0.05, 0) is 26.2 Å². The monoisotopic (exact) mass is 393 g/mol. The van der Waals surface area contributed by atoms with Gasteiger partial charge in [-0.3, -0.25) is 9.48 Å². The van der Waals surface area contributed by atoms with Crippen molar-refractivity contribution in [3.8, 4) is 0 Å². The van der Waals surface area contributed by atoms with E-state index in [0.717, 1.165) is 21.8 Å². The number of amides is 1. The number of carbonyl (C=O) groups excluding carboxylic acids is 1. The number of nitrogens with one attached hydrogen (secondary N) is 3. The van der Waals surface area contributed by atoms with Gasteiger partial charge in [0.05, 0.1) is 12.7 Å². The first-order valence-electron chi connectivity index (χ1n) is 6.83. The van der Waals surface area contributed by atoms with E-state index in [4.69, 9.17) is 0 Å². The van der Waals surface area contributed by atoms with Crippen LogP contribution in [0.5, 0.6) is 0 Å². The Morgan fingerprint density at radius 2 is 2.08 bits per heavy atom. The molecule has 1 amide bonds. The van der Waals surface area contributed by atoms with Crippen molar-refractivity contribution in [1.29, 1.82) is 0 Å². The molecular weight excluding hydrogens is 374 g/mol. The highest BCUT2D eigenvalue weighted by Crippen LogP contribution is 2.21. The van der Waals surface area contributed by atoms with E-state index in [0.29, 0.717) is 0 Å². The fraction of sp³-hybridized carbons (Fsp3) is 0.385. The van der Waals surface area contributed by atoms with E-state index in [1.54, 1.807) is 37.2 Å². The topological polar surface area (TPSA) is 105 Å². The Kier molecular flexibility index (Phi) is 7.36. The summed E-state index contributed by atoms with van der Waals surface area (Å²) in [6.07, 6.45) is 3.40. The van der Waals surface area contributed by atoms with E-state index in [2.05, 4.69) is 20.5 Å². The van der Waals surface area contributed by atoms with Crippen LogP contribution in [0, 0.1) is 0 Å². The lowest BCUT2D eigenvalue weighted by atomic mass is 10.1. The molecule has 0 aliphatic rings. The second-order valence-electron chi connectivity index (χ2n) is 4.82. The van der Waals surface area contributed by atoms with Crippen LogP contribution in [0.1, 0.15) is 16.5 Å². The van der Waals surface area contributed by atoms with E-state index in [-0.39, 0.29) is 29.1 Å². The molecule has 24 heavy (non-hydrogen) atoms. The summed E-state index contributed by atoms with van der Waals surface area (Å²) in [7, 11) is 1.39. The van der Waals surface area contributed by atoms with E-state index >= 15 is 0 Å². The molecule has 0 saturated carbocycles. The first kappa shape index (κ1) is 20.6. The molecular formula is C13H20ClN5O3S2. The van der Waals surface area contributed by atoms with Crippen LogP contribution < -0.4 is 15.4 Å². The van der Waals surface area contributed by atoms with Gasteiger partial charge in [-0.1, -0.05) is 0 Å². The minimum absolute atomic E-state index is 0. The van der Waals surface area contributed by atoms with Gasteiger partial charge in [-0.2, -0.15) is 5.10 Å². The zero-order valence-electron chi connectivity index (χ0n) is 13.4. The molecule has 3 N–H and O–H groups in total. The highest BCUT2D eigenvalue weighted by Gasteiger charge is 2.20. The summed E-state index contributed by atoms with van der Waals surface area (Å²) in [5.41, 5.74) is 0.761. The number of aromatic nitrogens is 2. The third-order valence-corrected chi connectivity index (χ3v) is 6.21. The molecule has 0 aromatic carbocycles. The van der Waals surface area contributed by atoms with Crippen molar-refractivity contribution in [2.75, 3.05) is 14.1 Å². The smallest absolute Gasteiger partial charge is 0.249 e. The summed E-state index contributed by atoms with van der Waals surface area (Å²) in [6, 6.07) is 2.70. The van der Waals surface area contributed by atoms with E-state index in [1.807, 2.05) is 0 Å². The number of thiophene rings is 1. The molecule has 2 heterocycles. The minimum atomic E-state index is -3.44. The van der Waals surface area contributed by atoms with Crippen molar-refractivity contribution in [1.82, 2.24) is 25.1 Å². The molecule has 1 unspecified atom stereocenters. The lowest BCUT2D eigenvalue weighted by Gasteiger charge is -2.14. The second-order valence-corrected chi connectivity index (χ2v) is 8.10. The zero-order chi connectivity index (χ0) is 17.0. The Morgan fingerprint density at radius 1 is 1.38 bits per heavy atom. The quantitative estimate of drug-likeness (QED) is 0.631. The van der Waals surface area contributed by atoms with Crippen molar-refractivity contribution in [3.05, 3.63) is 35.0 Å². The second kappa shape index (κ2) is 8.58. The van der Waals surface area contributed by atoms with Gasteiger partial charge < -0.3 is 10.6 Å². The zero-order valence-corrected chi connectivity index (χ0v) is 15.9. The van der Waals surface area contributed by atoms with Crippen molar-refractivity contribution in [2.24, 2.45) is 7.05 Å². The summed E-state index contributed by atoms with van der Waals surface area (Å²) in [6.45, 7) is 0.265. The van der Waals surface area contributed by atoms with Crippen molar-refractivity contribution >= 4 is 39.7 Å². The van der Waals surface area contributed by atoms with Crippen molar-refractivity contribution in [3.63, 3.8) is 0 Å². The minimum Gasteiger partial charge on any atom is -0.350 e. The lowest BCUT2D eigenvalue weighted by molar-refractivity contribution is -0.123. The maximum Gasteiger partial charge on any atom is 0.249 e. The molecule has 0 fully saturated rings. The Labute approximate surface area is 151 Å². The largest absolute Gasteiger partial charge is 0.350 e. The number of hydrogen-bond donors (Lipinski definition) is 3. The van der Waals surface area contributed by atoms with Gasteiger partial charge >= 0.3 is 0 Å². The molecule has 2 aromatic rings. The van der Waals surface area contributed by atoms with Crippen LogP contribution in [0.3, 0.4) is 0 Å². The van der Waals surface area contributed by atoms with Gasteiger partial charge in [0.2, 0.25) is 15.9 Å². The molecule has 134 valence electrons. The molecule has 0 saturated heterocycles. The van der Waals surface area contributed by atoms with Gasteiger partial charge in [0.25, 0.3) is 0 Å². The fourth-order valence-corrected chi connectivity index (χ4v) is 4.15. The third kappa shape index (κ3) is 4.77. The number of hydrogen-bond acceptors (Lipinski definition) is 6. The molecule has 0 bridgehead atoms. The maximum atomic E-state index is 12.3. The first-order valence-corrected chi connectivity index (χ1v) is 9.13. The highest BCUT2D eigenvalue weighted by atomic mass is 35.5. The Morgan fingerprint density at radius 3 is 2.62 bits per heavy atom. The van der Waals surface area contributed by atoms with Gasteiger partial charge in [0.15, 0.2) is 0 Å². The number of carbonyl (C=O) groups is 1. The predicted octanol–water partition coefficient (Wildman–Crippen LogP) is 0.388. The molecule has 0 aliphatic heterocycles. The van der Waals surface area contributed by atoms with Gasteiger partial charge in [-0.15, -0.1) is 23.7 Å². The molecule has 0 radical (unpaired) electrons. The average molecular weight is 394 g/mol. The summed E-state index contributed by atoms with van der Waals surface area (Å²) in [4.78, 5) is 13.0. The van der Waals surface area contributed by atoms with Crippen LogP contribution in [-0.2, 0) is 28.4 Å². The van der Waals surface area contributed by atoms with E-state index < -0.39 is 16.1 Å². The van der Waals surface area contributed by atoms with E-state index in [1.165, 1.54) is 13.1 Å². The standard InChI is InChI=1S/C13H19N5O3S2.ClH/c1-14-12(9-6-17-18(3)8-9)13(19)16-7-10-4-5-11(22-10)23(20,21)15-2;/h4-6,8,12,14-15H,7H2,1-3H3,(H,16,19);1H. The number of rotatable bonds is 7. The van der Waals surface area contributed by atoms with Gasteiger partial charge in [0.1, 0.15) is 10.3 Å². The number of likely N-dealkylation sites (N-methyl/N-ethyl adjacent to an activating group) is 1. The molecule has 11 heteroatoms.